The highest BCUT2D eigenvalue weighted by Crippen LogP contribution is 2.42. The fourth-order valence-electron chi connectivity index (χ4n) is 2.44. The molecule has 3 rings (SSSR count). The van der Waals surface area contributed by atoms with E-state index in [1.807, 2.05) is 6.07 Å². The van der Waals surface area contributed by atoms with E-state index in [2.05, 4.69) is 13.2 Å². The van der Waals surface area contributed by atoms with Gasteiger partial charge in [-0.15, -0.1) is 0 Å². The molecule has 1 heterocycles. The monoisotopic (exact) mass is 350 g/mol. The molecule has 1 aliphatic rings. The molecule has 26 heavy (non-hydrogen) atoms. The topological polar surface area (TPSA) is 61.8 Å². The highest BCUT2D eigenvalue weighted by molar-refractivity contribution is 5.89. The molecule has 0 aromatic heterocycles. The summed E-state index contributed by atoms with van der Waals surface area (Å²) in [6, 6.07) is 10.4. The van der Waals surface area contributed by atoms with Crippen molar-refractivity contribution < 1.29 is 23.8 Å². The van der Waals surface area contributed by atoms with Gasteiger partial charge in [-0.2, -0.15) is 0 Å². The van der Waals surface area contributed by atoms with Crippen molar-refractivity contribution in [3.05, 3.63) is 71.8 Å². The summed E-state index contributed by atoms with van der Waals surface area (Å²) in [7, 11) is 0. The van der Waals surface area contributed by atoms with Crippen molar-refractivity contribution >= 4 is 11.9 Å². The van der Waals surface area contributed by atoms with Gasteiger partial charge in [-0.25, -0.2) is 9.59 Å². The molecule has 5 nitrogen and oxygen atoms in total. The van der Waals surface area contributed by atoms with Crippen LogP contribution in [-0.4, -0.2) is 11.9 Å². The minimum atomic E-state index is -0.491. The van der Waals surface area contributed by atoms with Gasteiger partial charge in [0, 0.05) is 29.2 Å². The highest BCUT2D eigenvalue weighted by atomic mass is 16.5. The molecule has 0 radical (unpaired) electrons. The lowest BCUT2D eigenvalue weighted by atomic mass is 9.99. The number of carbonyl (C=O) groups excluding carboxylic acids is 2. The predicted octanol–water partition coefficient (Wildman–Crippen LogP) is 4.35. The first-order valence-electron chi connectivity index (χ1n) is 8.03. The van der Waals surface area contributed by atoms with E-state index in [9.17, 15) is 9.59 Å². The van der Waals surface area contributed by atoms with E-state index >= 15 is 0 Å². The van der Waals surface area contributed by atoms with Crippen molar-refractivity contribution in [2.75, 3.05) is 0 Å². The predicted molar refractivity (Wildman–Crippen MR) is 96.7 cm³/mol. The summed E-state index contributed by atoms with van der Waals surface area (Å²) in [4.78, 5) is 23.5. The van der Waals surface area contributed by atoms with E-state index in [4.69, 9.17) is 14.2 Å². The van der Waals surface area contributed by atoms with Gasteiger partial charge in [-0.3, -0.25) is 0 Å². The van der Waals surface area contributed by atoms with Gasteiger partial charge < -0.3 is 14.2 Å². The lowest BCUT2D eigenvalue weighted by molar-refractivity contribution is -0.130. The third-order valence-electron chi connectivity index (χ3n) is 3.83. The lowest BCUT2D eigenvalue weighted by Gasteiger charge is -2.22. The fourth-order valence-corrected chi connectivity index (χ4v) is 2.44. The fraction of sp³-hybridized carbons (Fsp3) is 0.143. The van der Waals surface area contributed by atoms with Crippen LogP contribution in [0, 0.1) is 0 Å². The van der Waals surface area contributed by atoms with Crippen LogP contribution in [0.25, 0.3) is 0 Å². The van der Waals surface area contributed by atoms with E-state index < -0.39 is 11.9 Å². The van der Waals surface area contributed by atoms with Crippen molar-refractivity contribution in [1.29, 1.82) is 0 Å². The van der Waals surface area contributed by atoms with Crippen molar-refractivity contribution in [3.8, 4) is 23.0 Å². The zero-order chi connectivity index (χ0) is 18.8. The maximum absolute atomic E-state index is 11.8. The van der Waals surface area contributed by atoms with Crippen molar-refractivity contribution in [2.45, 2.75) is 20.3 Å². The average Bonchev–Trinajstić information content (AvgIpc) is 2.60. The van der Waals surface area contributed by atoms with Crippen molar-refractivity contribution in [2.24, 2.45) is 0 Å². The SMILES string of the molecule is C=C(C)C(=O)Oc1ccc2c(c1)Oc1cccc(OC(=O)C(=C)C)c1C2. The zero-order valence-electron chi connectivity index (χ0n) is 14.6. The summed E-state index contributed by atoms with van der Waals surface area (Å²) in [6.45, 7) is 10.3. The van der Waals surface area contributed by atoms with Crippen molar-refractivity contribution in [3.63, 3.8) is 0 Å². The van der Waals surface area contributed by atoms with Crippen LogP contribution in [0.2, 0.25) is 0 Å². The van der Waals surface area contributed by atoms with Crippen LogP contribution in [0.15, 0.2) is 60.7 Å². The molecule has 0 amide bonds. The maximum Gasteiger partial charge on any atom is 0.338 e. The first-order valence-corrected chi connectivity index (χ1v) is 8.03. The Morgan fingerprint density at radius 1 is 0.962 bits per heavy atom. The summed E-state index contributed by atoms with van der Waals surface area (Å²) in [5, 5.41) is 0. The molecule has 2 aromatic rings. The molecule has 0 saturated carbocycles. The molecule has 0 spiro atoms. The Bertz CT molecular complexity index is 939. The molecule has 2 aromatic carbocycles. The third-order valence-corrected chi connectivity index (χ3v) is 3.83. The lowest BCUT2D eigenvalue weighted by Crippen LogP contribution is -2.12. The Morgan fingerprint density at radius 3 is 2.35 bits per heavy atom. The standard InChI is InChI=1S/C21H18O5/c1-12(2)20(22)24-15-9-8-14-10-16-17(25-19(14)11-15)6-5-7-18(16)26-21(23)13(3)4/h5-9,11H,1,3,10H2,2,4H3. The third kappa shape index (κ3) is 3.52. The van der Waals surface area contributed by atoms with Crippen LogP contribution < -0.4 is 14.2 Å². The molecule has 132 valence electrons. The Morgan fingerprint density at radius 2 is 1.65 bits per heavy atom. The van der Waals surface area contributed by atoms with Crippen LogP contribution in [0.5, 0.6) is 23.0 Å². The van der Waals surface area contributed by atoms with Crippen LogP contribution in [0.4, 0.5) is 0 Å². The number of esters is 2. The van der Waals surface area contributed by atoms with Crippen molar-refractivity contribution in [1.82, 2.24) is 0 Å². The number of ether oxygens (including phenoxy) is 3. The zero-order valence-corrected chi connectivity index (χ0v) is 14.6. The van der Waals surface area contributed by atoms with Gasteiger partial charge >= 0.3 is 11.9 Å². The Kier molecular flexibility index (Phi) is 4.63. The summed E-state index contributed by atoms with van der Waals surface area (Å²) in [5.41, 5.74) is 2.31. The molecule has 0 aliphatic carbocycles. The molecule has 0 saturated heterocycles. The van der Waals surface area contributed by atoms with E-state index in [-0.39, 0.29) is 0 Å². The van der Waals surface area contributed by atoms with Gasteiger partial charge in [-0.05, 0) is 37.6 Å². The Hall–Kier alpha value is -3.34. The second kappa shape index (κ2) is 6.88. The van der Waals surface area contributed by atoms with Crippen LogP contribution in [0.3, 0.4) is 0 Å². The molecule has 0 bridgehead atoms. The van der Waals surface area contributed by atoms with E-state index in [0.717, 1.165) is 11.1 Å². The molecule has 1 aliphatic heterocycles. The summed E-state index contributed by atoms with van der Waals surface area (Å²) < 4.78 is 16.5. The largest absolute Gasteiger partial charge is 0.456 e. The molecule has 0 N–H and O–H groups in total. The Balaban J connectivity index is 1.87. The number of carbonyl (C=O) groups is 2. The number of fused-ring (bicyclic) bond motifs is 2. The highest BCUT2D eigenvalue weighted by Gasteiger charge is 2.22. The number of hydrogen-bond acceptors (Lipinski definition) is 5. The van der Waals surface area contributed by atoms with Gasteiger partial charge in [-0.1, -0.05) is 25.3 Å². The van der Waals surface area contributed by atoms with Crippen LogP contribution in [0.1, 0.15) is 25.0 Å². The maximum atomic E-state index is 11.8. The van der Waals surface area contributed by atoms with Crippen LogP contribution >= 0.6 is 0 Å². The van der Waals surface area contributed by atoms with E-state index in [1.54, 1.807) is 44.2 Å². The molecular formula is C21H18O5. The van der Waals surface area contributed by atoms with Gasteiger partial charge in [0.05, 0.1) is 0 Å². The summed E-state index contributed by atoms with van der Waals surface area (Å²) in [5.74, 6) is 1.03. The average molecular weight is 350 g/mol. The van der Waals surface area contributed by atoms with E-state index in [1.165, 1.54) is 0 Å². The second-order valence-electron chi connectivity index (χ2n) is 6.12. The first kappa shape index (κ1) is 17.5. The quantitative estimate of drug-likeness (QED) is 0.398. The molecule has 0 fully saturated rings. The summed E-state index contributed by atoms with van der Waals surface area (Å²) >= 11 is 0. The smallest absolute Gasteiger partial charge is 0.338 e. The van der Waals surface area contributed by atoms with Gasteiger partial charge in [0.15, 0.2) is 0 Å². The minimum absolute atomic E-state index is 0.318. The number of benzene rings is 2. The van der Waals surface area contributed by atoms with Gasteiger partial charge in [0.25, 0.3) is 0 Å². The first-order chi connectivity index (χ1) is 12.3. The van der Waals surface area contributed by atoms with Crippen LogP contribution in [-0.2, 0) is 16.0 Å². The Labute approximate surface area is 151 Å². The minimum Gasteiger partial charge on any atom is -0.456 e. The normalized spacial score (nSPS) is 11.5. The molecule has 0 unspecified atom stereocenters. The van der Waals surface area contributed by atoms with Gasteiger partial charge in [0.1, 0.15) is 23.0 Å². The molecule has 5 heteroatoms. The number of hydrogen-bond donors (Lipinski definition) is 0. The molecular weight excluding hydrogens is 332 g/mol. The molecule has 0 atom stereocenters. The van der Waals surface area contributed by atoms with Gasteiger partial charge in [0.2, 0.25) is 0 Å². The second-order valence-corrected chi connectivity index (χ2v) is 6.12. The summed E-state index contributed by atoms with van der Waals surface area (Å²) in [6.07, 6.45) is 0.527. The van der Waals surface area contributed by atoms with E-state index in [0.29, 0.717) is 40.6 Å². The number of rotatable bonds is 4.